The van der Waals surface area contributed by atoms with Crippen molar-refractivity contribution in [2.24, 2.45) is 0 Å². The fourth-order valence-corrected chi connectivity index (χ4v) is 5.42. The van der Waals surface area contributed by atoms with Crippen LogP contribution in [-0.4, -0.2) is 97.8 Å². The van der Waals surface area contributed by atoms with E-state index in [4.69, 9.17) is 18.9 Å². The van der Waals surface area contributed by atoms with Gasteiger partial charge in [-0.25, -0.2) is 4.79 Å². The van der Waals surface area contributed by atoms with Crippen molar-refractivity contribution in [2.75, 3.05) is 60.2 Å². The van der Waals surface area contributed by atoms with Crippen molar-refractivity contribution < 1.29 is 38.4 Å². The molecule has 2 fully saturated rings. The highest BCUT2D eigenvalue weighted by molar-refractivity contribution is 6.46. The molecule has 1 atom stereocenters. The molecule has 2 aliphatic rings. The molecule has 1 amide bonds. The third-order valence-electron chi connectivity index (χ3n) is 7.40. The van der Waals surface area contributed by atoms with E-state index in [-0.39, 0.29) is 35.7 Å². The Morgan fingerprint density at radius 3 is 2.50 bits per heavy atom. The van der Waals surface area contributed by atoms with E-state index in [1.165, 1.54) is 19.1 Å². The van der Waals surface area contributed by atoms with Crippen LogP contribution in [0.5, 0.6) is 11.5 Å². The van der Waals surface area contributed by atoms with Gasteiger partial charge in [0.1, 0.15) is 23.0 Å². The molecule has 4 rings (SSSR count). The second-order valence-corrected chi connectivity index (χ2v) is 9.75. The second-order valence-electron chi connectivity index (χ2n) is 9.75. The van der Waals surface area contributed by atoms with E-state index in [0.717, 1.165) is 19.6 Å². The lowest BCUT2D eigenvalue weighted by molar-refractivity contribution is -0.140. The van der Waals surface area contributed by atoms with E-state index in [1.54, 1.807) is 39.0 Å². The Kier molecular flexibility index (Phi) is 9.16. The topological polar surface area (TPSA) is 131 Å². The normalized spacial score (nSPS) is 19.2. The van der Waals surface area contributed by atoms with Gasteiger partial charge in [-0.15, -0.1) is 0 Å². The number of amides is 1. The minimum absolute atomic E-state index is 0.0801. The molecule has 0 spiro atoms. The summed E-state index contributed by atoms with van der Waals surface area (Å²) in [6.07, 6.45) is 0.616. The van der Waals surface area contributed by atoms with Crippen LogP contribution in [0.4, 0.5) is 0 Å². The third-order valence-corrected chi connectivity index (χ3v) is 7.40. The summed E-state index contributed by atoms with van der Waals surface area (Å²) in [5.74, 6) is -1.52. The highest BCUT2D eigenvalue weighted by atomic mass is 16.5. The minimum Gasteiger partial charge on any atom is -0.507 e. The number of nitrogens with one attached hydrogen (secondary N) is 1. The Balaban J connectivity index is 1.82. The van der Waals surface area contributed by atoms with Crippen LogP contribution in [0, 0.1) is 13.8 Å². The van der Waals surface area contributed by atoms with Gasteiger partial charge in [0, 0.05) is 43.0 Å². The van der Waals surface area contributed by atoms with Crippen molar-refractivity contribution in [1.29, 1.82) is 0 Å². The van der Waals surface area contributed by atoms with E-state index < -0.39 is 23.7 Å². The smallest absolute Gasteiger partial charge is 0.355 e. The fourth-order valence-electron chi connectivity index (χ4n) is 5.42. The van der Waals surface area contributed by atoms with E-state index in [2.05, 4.69) is 9.88 Å². The quantitative estimate of drug-likeness (QED) is 0.197. The zero-order chi connectivity index (χ0) is 29.0. The third kappa shape index (κ3) is 5.57. The second kappa shape index (κ2) is 12.6. The molecule has 216 valence electrons. The summed E-state index contributed by atoms with van der Waals surface area (Å²) in [6.45, 7) is 9.17. The van der Waals surface area contributed by atoms with E-state index >= 15 is 0 Å². The Labute approximate surface area is 233 Å². The van der Waals surface area contributed by atoms with Gasteiger partial charge in [-0.3, -0.25) is 14.5 Å². The largest absolute Gasteiger partial charge is 0.507 e. The number of benzene rings is 1. The number of carbonyl (C=O) groups excluding carboxylic acids is 3. The number of aromatic nitrogens is 1. The van der Waals surface area contributed by atoms with Crippen molar-refractivity contribution in [3.05, 3.63) is 51.9 Å². The number of carbonyl (C=O) groups is 3. The molecule has 0 radical (unpaired) electrons. The number of methoxy groups -OCH3 is 2. The zero-order valence-corrected chi connectivity index (χ0v) is 23.7. The molecule has 0 bridgehead atoms. The van der Waals surface area contributed by atoms with Gasteiger partial charge in [0.25, 0.3) is 11.7 Å². The number of nitrogens with zero attached hydrogens (tertiary/aromatic N) is 2. The van der Waals surface area contributed by atoms with Crippen LogP contribution < -0.4 is 9.47 Å². The van der Waals surface area contributed by atoms with Crippen LogP contribution in [-0.2, 0) is 19.1 Å². The molecule has 2 aromatic rings. The number of hydrogen-bond acceptors (Lipinski definition) is 9. The Bertz CT molecular complexity index is 1310. The molecular formula is C29H37N3O8. The van der Waals surface area contributed by atoms with Crippen molar-refractivity contribution in [2.45, 2.75) is 33.2 Å². The molecule has 1 aromatic heterocycles. The van der Waals surface area contributed by atoms with Crippen molar-refractivity contribution >= 4 is 23.4 Å². The number of aryl methyl sites for hydroxylation is 1. The number of hydrogen-bond donors (Lipinski definition) is 2. The number of aromatic amines is 1. The SMILES string of the molecule is CCOC(=O)c1[nH]c(C)c(C(O)=C2C(=O)C(=O)N(CCCN3CCOCC3)[C@@H]2c2cc(OC)ccc2OC)c1C. The number of likely N-dealkylation sites (tertiary alicyclic amines) is 1. The maximum Gasteiger partial charge on any atom is 0.355 e. The summed E-state index contributed by atoms with van der Waals surface area (Å²) in [6, 6.07) is 4.19. The fraction of sp³-hybridized carbons (Fsp3) is 0.483. The highest BCUT2D eigenvalue weighted by Crippen LogP contribution is 2.44. The number of ketones is 1. The molecule has 1 aromatic carbocycles. The predicted octanol–water partition coefficient (Wildman–Crippen LogP) is 2.97. The predicted molar refractivity (Wildman–Crippen MR) is 147 cm³/mol. The summed E-state index contributed by atoms with van der Waals surface area (Å²) in [4.78, 5) is 46.3. The van der Waals surface area contributed by atoms with Crippen LogP contribution in [0.1, 0.15) is 52.3 Å². The molecule has 0 aliphatic carbocycles. The van der Waals surface area contributed by atoms with Gasteiger partial charge in [-0.1, -0.05) is 0 Å². The van der Waals surface area contributed by atoms with E-state index in [1.807, 2.05) is 0 Å². The average Bonchev–Trinajstić information content (AvgIpc) is 3.40. The number of morpholine rings is 1. The van der Waals surface area contributed by atoms with E-state index in [9.17, 15) is 19.5 Å². The maximum absolute atomic E-state index is 13.6. The van der Waals surface area contributed by atoms with Gasteiger partial charge < -0.3 is 33.9 Å². The molecule has 2 saturated heterocycles. The Morgan fingerprint density at radius 2 is 1.85 bits per heavy atom. The molecular weight excluding hydrogens is 518 g/mol. The van der Waals surface area contributed by atoms with Gasteiger partial charge in [0.2, 0.25) is 0 Å². The van der Waals surface area contributed by atoms with Crippen LogP contribution in [0.15, 0.2) is 23.8 Å². The van der Waals surface area contributed by atoms with E-state index in [0.29, 0.717) is 48.0 Å². The number of rotatable bonds is 10. The number of esters is 1. The van der Waals surface area contributed by atoms with Gasteiger partial charge in [-0.05, 0) is 51.0 Å². The first kappa shape index (κ1) is 29.2. The van der Waals surface area contributed by atoms with Gasteiger partial charge >= 0.3 is 5.97 Å². The maximum atomic E-state index is 13.6. The number of aliphatic hydroxyl groups is 1. The van der Waals surface area contributed by atoms with Crippen molar-refractivity contribution in [1.82, 2.24) is 14.8 Å². The van der Waals surface area contributed by atoms with Gasteiger partial charge in [-0.2, -0.15) is 0 Å². The van der Waals surface area contributed by atoms with Gasteiger partial charge in [0.05, 0.1) is 45.7 Å². The average molecular weight is 556 g/mol. The van der Waals surface area contributed by atoms with Crippen LogP contribution in [0.2, 0.25) is 0 Å². The monoisotopic (exact) mass is 555 g/mol. The zero-order valence-electron chi connectivity index (χ0n) is 23.7. The van der Waals surface area contributed by atoms with Crippen LogP contribution >= 0.6 is 0 Å². The van der Waals surface area contributed by atoms with Crippen LogP contribution in [0.3, 0.4) is 0 Å². The Hall–Kier alpha value is -3.83. The summed E-state index contributed by atoms with van der Waals surface area (Å²) in [5, 5.41) is 11.7. The highest BCUT2D eigenvalue weighted by Gasteiger charge is 2.47. The molecule has 2 aliphatic heterocycles. The van der Waals surface area contributed by atoms with Gasteiger partial charge in [0.15, 0.2) is 0 Å². The number of H-pyrrole nitrogens is 1. The summed E-state index contributed by atoms with van der Waals surface area (Å²) < 4.78 is 21.6. The number of Topliss-reactive ketones (excluding diaryl/α,β-unsaturated/α-hetero) is 1. The Morgan fingerprint density at radius 1 is 1.12 bits per heavy atom. The molecule has 2 N–H and O–H groups in total. The lowest BCUT2D eigenvalue weighted by Crippen LogP contribution is -2.39. The standard InChI is InChI=1S/C29H37N3O8/c1-6-40-29(36)24-17(2)22(18(3)30-24)26(33)23-25(20-16-19(37-4)8-9-21(20)38-5)32(28(35)27(23)34)11-7-10-31-12-14-39-15-13-31/h8-9,16,25,30,33H,6-7,10-15H2,1-5H3/t25-/m1/s1. The first-order chi connectivity index (χ1) is 19.2. The van der Waals surface area contributed by atoms with Crippen molar-refractivity contribution in [3.63, 3.8) is 0 Å². The van der Waals surface area contributed by atoms with Crippen LogP contribution in [0.25, 0.3) is 5.76 Å². The summed E-state index contributed by atoms with van der Waals surface area (Å²) in [5.41, 5.74) is 1.77. The lowest BCUT2D eigenvalue weighted by atomic mass is 9.93. The molecule has 3 heterocycles. The summed E-state index contributed by atoms with van der Waals surface area (Å²) in [7, 11) is 3.02. The minimum atomic E-state index is -0.936. The number of aliphatic hydroxyl groups excluding tert-OH is 1. The number of ether oxygens (including phenoxy) is 4. The molecule has 11 nitrogen and oxygen atoms in total. The molecule has 11 heteroatoms. The molecule has 40 heavy (non-hydrogen) atoms. The first-order valence-electron chi connectivity index (χ1n) is 13.4. The first-order valence-corrected chi connectivity index (χ1v) is 13.4. The lowest BCUT2D eigenvalue weighted by Gasteiger charge is -2.29. The molecule has 0 unspecified atom stereocenters. The van der Waals surface area contributed by atoms with Crippen molar-refractivity contribution in [3.8, 4) is 11.5 Å². The summed E-state index contributed by atoms with van der Waals surface area (Å²) >= 11 is 0. The molecule has 0 saturated carbocycles.